The summed E-state index contributed by atoms with van der Waals surface area (Å²) in [6.07, 6.45) is 2.05. The number of hydrogen-bond acceptors (Lipinski definition) is 4. The van der Waals surface area contributed by atoms with Crippen molar-refractivity contribution in [2.75, 3.05) is 38.2 Å². The molecule has 0 saturated carbocycles. The number of halogens is 1. The van der Waals surface area contributed by atoms with Gasteiger partial charge in [-0.15, -0.1) is 24.0 Å². The lowest BCUT2D eigenvalue weighted by Crippen LogP contribution is -2.44. The molecule has 1 aromatic heterocycles. The van der Waals surface area contributed by atoms with E-state index in [-0.39, 0.29) is 24.0 Å². The van der Waals surface area contributed by atoms with E-state index in [1.54, 1.807) is 7.11 Å². The van der Waals surface area contributed by atoms with Crippen LogP contribution >= 0.6 is 24.0 Å². The Hall–Kier alpha value is -1.97. The fourth-order valence-corrected chi connectivity index (χ4v) is 3.81. The lowest BCUT2D eigenvalue weighted by Gasteiger charge is -2.22. The number of benzene rings is 1. The quantitative estimate of drug-likeness (QED) is 0.239. The first kappa shape index (κ1) is 24.3. The molecule has 0 radical (unpaired) electrons. The first-order valence-corrected chi connectivity index (χ1v) is 10.5. The minimum absolute atomic E-state index is 0. The third-order valence-electron chi connectivity index (χ3n) is 5.20. The Morgan fingerprint density at radius 2 is 2.10 bits per heavy atom. The van der Waals surface area contributed by atoms with E-state index in [0.717, 1.165) is 68.7 Å². The number of nitrogens with zero attached hydrogens (tertiary/aromatic N) is 4. The first-order valence-electron chi connectivity index (χ1n) is 10.5. The van der Waals surface area contributed by atoms with Crippen LogP contribution in [0.25, 0.3) is 0 Å². The van der Waals surface area contributed by atoms with Gasteiger partial charge in [-0.25, -0.2) is 0 Å². The summed E-state index contributed by atoms with van der Waals surface area (Å²) >= 11 is 0. The number of guanidine groups is 1. The lowest BCUT2D eigenvalue weighted by molar-refractivity contribution is 0.415. The molecule has 1 fully saturated rings. The summed E-state index contributed by atoms with van der Waals surface area (Å²) in [5.74, 6) is 1.82. The van der Waals surface area contributed by atoms with Crippen LogP contribution in [0, 0.1) is 13.8 Å². The monoisotopic (exact) mass is 526 g/mol. The van der Waals surface area contributed by atoms with Crippen LogP contribution in [0.5, 0.6) is 5.75 Å². The summed E-state index contributed by atoms with van der Waals surface area (Å²) in [6, 6.07) is 10.7. The number of methoxy groups -OCH3 is 1. The number of hydrogen-bond donors (Lipinski definition) is 2. The number of rotatable bonds is 8. The van der Waals surface area contributed by atoms with Crippen LogP contribution in [-0.4, -0.2) is 55.1 Å². The van der Waals surface area contributed by atoms with Crippen molar-refractivity contribution in [2.24, 2.45) is 4.99 Å². The first-order chi connectivity index (χ1) is 14.1. The standard InChI is InChI=1S/C22H34N6O.HI/c1-5-23-22(24-12-8-13-28-18(3)15-17(2)26-28)25-19-11-14-27(16-19)20-9-6-7-10-21(20)29-4;/h6-7,9-10,15,19H,5,8,11-14,16H2,1-4H3,(H2,23,24,25);1H. The summed E-state index contributed by atoms with van der Waals surface area (Å²) in [4.78, 5) is 7.15. The van der Waals surface area contributed by atoms with Crippen LogP contribution in [-0.2, 0) is 6.54 Å². The van der Waals surface area contributed by atoms with E-state index in [0.29, 0.717) is 6.04 Å². The minimum Gasteiger partial charge on any atom is -0.495 e. The Morgan fingerprint density at radius 3 is 2.80 bits per heavy atom. The van der Waals surface area contributed by atoms with Crippen molar-refractivity contribution in [3.05, 3.63) is 41.7 Å². The molecule has 30 heavy (non-hydrogen) atoms. The van der Waals surface area contributed by atoms with Gasteiger partial charge in [-0.2, -0.15) is 5.10 Å². The summed E-state index contributed by atoms with van der Waals surface area (Å²) < 4.78 is 7.58. The van der Waals surface area contributed by atoms with Gasteiger partial charge in [0.15, 0.2) is 5.96 Å². The fourth-order valence-electron chi connectivity index (χ4n) is 3.81. The molecule has 1 saturated heterocycles. The molecule has 0 bridgehead atoms. The fraction of sp³-hybridized carbons (Fsp3) is 0.545. The van der Waals surface area contributed by atoms with Gasteiger partial charge in [0, 0.05) is 44.5 Å². The lowest BCUT2D eigenvalue weighted by atomic mass is 10.2. The maximum atomic E-state index is 5.52. The molecule has 0 spiro atoms. The molecular weight excluding hydrogens is 491 g/mol. The second-order valence-corrected chi connectivity index (χ2v) is 7.51. The highest BCUT2D eigenvalue weighted by molar-refractivity contribution is 14.0. The van der Waals surface area contributed by atoms with Crippen molar-refractivity contribution in [3.63, 3.8) is 0 Å². The second-order valence-electron chi connectivity index (χ2n) is 7.51. The van der Waals surface area contributed by atoms with E-state index in [9.17, 15) is 0 Å². The van der Waals surface area contributed by atoms with Gasteiger partial charge < -0.3 is 20.3 Å². The molecule has 7 nitrogen and oxygen atoms in total. The van der Waals surface area contributed by atoms with Crippen molar-refractivity contribution in [3.8, 4) is 5.75 Å². The predicted molar refractivity (Wildman–Crippen MR) is 134 cm³/mol. The largest absolute Gasteiger partial charge is 0.495 e. The Bertz CT molecular complexity index is 822. The van der Waals surface area contributed by atoms with E-state index in [1.807, 2.05) is 19.1 Å². The zero-order valence-corrected chi connectivity index (χ0v) is 20.8. The molecule has 1 aliphatic rings. The number of aliphatic imine (C=N–C) groups is 1. The highest BCUT2D eigenvalue weighted by Gasteiger charge is 2.25. The topological polar surface area (TPSA) is 66.7 Å². The van der Waals surface area contributed by atoms with Crippen molar-refractivity contribution in [1.82, 2.24) is 20.4 Å². The number of nitrogens with one attached hydrogen (secondary N) is 2. The van der Waals surface area contributed by atoms with Gasteiger partial charge in [0.2, 0.25) is 0 Å². The van der Waals surface area contributed by atoms with E-state index in [4.69, 9.17) is 9.73 Å². The highest BCUT2D eigenvalue weighted by Crippen LogP contribution is 2.30. The maximum absolute atomic E-state index is 5.52. The number of aryl methyl sites for hydroxylation is 3. The molecule has 1 atom stereocenters. The van der Waals surface area contributed by atoms with Crippen LogP contribution in [0.15, 0.2) is 35.3 Å². The molecule has 3 rings (SSSR count). The average molecular weight is 526 g/mol. The van der Waals surface area contributed by atoms with Gasteiger partial charge >= 0.3 is 0 Å². The molecule has 0 aliphatic carbocycles. The molecule has 1 aliphatic heterocycles. The smallest absolute Gasteiger partial charge is 0.191 e. The van der Waals surface area contributed by atoms with Gasteiger partial charge in [0.25, 0.3) is 0 Å². The Labute approximate surface area is 197 Å². The van der Waals surface area contributed by atoms with Gasteiger partial charge in [0.1, 0.15) is 5.75 Å². The highest BCUT2D eigenvalue weighted by atomic mass is 127. The molecular formula is C22H35IN6O. The van der Waals surface area contributed by atoms with Crippen LogP contribution in [0.1, 0.15) is 31.2 Å². The van der Waals surface area contributed by atoms with Crippen LogP contribution in [0.4, 0.5) is 5.69 Å². The predicted octanol–water partition coefficient (Wildman–Crippen LogP) is 3.35. The van der Waals surface area contributed by atoms with Crippen LogP contribution in [0.2, 0.25) is 0 Å². The van der Waals surface area contributed by atoms with Crippen LogP contribution in [0.3, 0.4) is 0 Å². The van der Waals surface area contributed by atoms with E-state index in [1.165, 1.54) is 5.69 Å². The van der Waals surface area contributed by atoms with Gasteiger partial charge in [-0.05, 0) is 51.8 Å². The average Bonchev–Trinajstić information content (AvgIpc) is 3.31. The zero-order chi connectivity index (χ0) is 20.6. The maximum Gasteiger partial charge on any atom is 0.191 e. The van der Waals surface area contributed by atoms with Crippen molar-refractivity contribution >= 4 is 35.6 Å². The summed E-state index contributed by atoms with van der Waals surface area (Å²) in [6.45, 7) is 10.7. The van der Waals surface area contributed by atoms with E-state index >= 15 is 0 Å². The molecule has 2 N–H and O–H groups in total. The van der Waals surface area contributed by atoms with Gasteiger partial charge in [0.05, 0.1) is 18.5 Å². The second kappa shape index (κ2) is 12.0. The molecule has 2 heterocycles. The molecule has 0 amide bonds. The third-order valence-corrected chi connectivity index (χ3v) is 5.20. The van der Waals surface area contributed by atoms with Crippen molar-refractivity contribution in [1.29, 1.82) is 0 Å². The molecule has 8 heteroatoms. The third kappa shape index (κ3) is 6.52. The number of anilines is 1. The zero-order valence-electron chi connectivity index (χ0n) is 18.5. The van der Waals surface area contributed by atoms with Gasteiger partial charge in [-0.3, -0.25) is 9.67 Å². The SMILES string of the molecule is CCNC(=NCCCn1nc(C)cc1C)NC1CCN(c2ccccc2OC)C1.I. The molecule has 2 aromatic rings. The number of para-hydroxylation sites is 2. The summed E-state index contributed by atoms with van der Waals surface area (Å²) in [7, 11) is 1.73. The van der Waals surface area contributed by atoms with Crippen LogP contribution < -0.4 is 20.3 Å². The molecule has 166 valence electrons. The molecule has 1 aromatic carbocycles. The minimum atomic E-state index is 0. The summed E-state index contributed by atoms with van der Waals surface area (Å²) in [5, 5.41) is 11.5. The normalized spacial score (nSPS) is 16.3. The number of ether oxygens (including phenoxy) is 1. The van der Waals surface area contributed by atoms with Crippen molar-refractivity contribution < 1.29 is 4.74 Å². The molecule has 1 unspecified atom stereocenters. The van der Waals surface area contributed by atoms with Crippen molar-refractivity contribution in [2.45, 2.75) is 46.2 Å². The van der Waals surface area contributed by atoms with Gasteiger partial charge in [-0.1, -0.05) is 12.1 Å². The Kier molecular flexibility index (Phi) is 9.74. The Morgan fingerprint density at radius 1 is 1.30 bits per heavy atom. The Balaban J connectivity index is 0.00000320. The van der Waals surface area contributed by atoms with E-state index in [2.05, 4.69) is 57.4 Å². The van der Waals surface area contributed by atoms with E-state index < -0.39 is 0 Å². The summed E-state index contributed by atoms with van der Waals surface area (Å²) in [5.41, 5.74) is 3.44. The number of aromatic nitrogens is 2.